The first-order valence-corrected chi connectivity index (χ1v) is 6.39. The summed E-state index contributed by atoms with van der Waals surface area (Å²) in [5.74, 6) is 0.591. The van der Waals surface area contributed by atoms with Gasteiger partial charge in [-0.15, -0.1) is 0 Å². The van der Waals surface area contributed by atoms with Crippen LogP contribution in [0.3, 0.4) is 0 Å². The second kappa shape index (κ2) is 5.71. The van der Waals surface area contributed by atoms with Crippen molar-refractivity contribution in [2.24, 2.45) is 0 Å². The summed E-state index contributed by atoms with van der Waals surface area (Å²) in [7, 11) is 0. The highest BCUT2D eigenvalue weighted by molar-refractivity contribution is 9.10. The minimum Gasteiger partial charge on any atom is -0.486 e. The van der Waals surface area contributed by atoms with Crippen LogP contribution in [0.1, 0.15) is 5.69 Å². The Morgan fingerprint density at radius 3 is 2.76 bits per heavy atom. The van der Waals surface area contributed by atoms with E-state index in [0.29, 0.717) is 22.4 Å². The number of rotatable bonds is 3. The van der Waals surface area contributed by atoms with Crippen LogP contribution in [0.4, 0.5) is 0 Å². The van der Waals surface area contributed by atoms with Crippen molar-refractivity contribution >= 4 is 39.1 Å². The molecule has 0 saturated heterocycles. The molecule has 2 rings (SSSR count). The molecule has 0 bridgehead atoms. The van der Waals surface area contributed by atoms with E-state index in [0.717, 1.165) is 10.2 Å². The standard InChI is InChI=1S/C12H8BrCl2NO/c13-9-2-1-5-16-11(9)7-17-12-4-3-8(14)6-10(12)15/h1-6H,7H2. The monoisotopic (exact) mass is 331 g/mol. The van der Waals surface area contributed by atoms with E-state index in [1.165, 1.54) is 0 Å². The average molecular weight is 333 g/mol. The number of ether oxygens (including phenoxy) is 1. The first kappa shape index (κ1) is 12.7. The van der Waals surface area contributed by atoms with E-state index in [-0.39, 0.29) is 0 Å². The first-order chi connectivity index (χ1) is 8.16. The predicted molar refractivity (Wildman–Crippen MR) is 72.7 cm³/mol. The zero-order valence-corrected chi connectivity index (χ0v) is 11.8. The molecular formula is C12H8BrCl2NO. The van der Waals surface area contributed by atoms with E-state index < -0.39 is 0 Å². The van der Waals surface area contributed by atoms with Gasteiger partial charge in [0, 0.05) is 15.7 Å². The van der Waals surface area contributed by atoms with Gasteiger partial charge in [0.1, 0.15) is 12.4 Å². The molecule has 0 N–H and O–H groups in total. The Bertz CT molecular complexity index is 534. The fourth-order valence-corrected chi connectivity index (χ4v) is 2.10. The molecule has 0 aliphatic heterocycles. The Kier molecular flexibility index (Phi) is 4.26. The minimum atomic E-state index is 0.350. The van der Waals surface area contributed by atoms with Gasteiger partial charge in [-0.3, -0.25) is 4.98 Å². The van der Waals surface area contributed by atoms with Crippen LogP contribution in [0, 0.1) is 0 Å². The van der Waals surface area contributed by atoms with E-state index in [1.807, 2.05) is 12.1 Å². The molecule has 0 atom stereocenters. The minimum absolute atomic E-state index is 0.350. The van der Waals surface area contributed by atoms with E-state index in [9.17, 15) is 0 Å². The van der Waals surface area contributed by atoms with Crippen molar-refractivity contribution < 1.29 is 4.74 Å². The molecule has 1 aromatic carbocycles. The Balaban J connectivity index is 2.10. The van der Waals surface area contributed by atoms with Crippen LogP contribution in [-0.4, -0.2) is 4.98 Å². The van der Waals surface area contributed by atoms with Crippen LogP contribution in [0.5, 0.6) is 5.75 Å². The molecule has 2 nitrogen and oxygen atoms in total. The van der Waals surface area contributed by atoms with Crippen molar-refractivity contribution in [3.63, 3.8) is 0 Å². The number of pyridine rings is 1. The van der Waals surface area contributed by atoms with Gasteiger partial charge in [0.15, 0.2) is 0 Å². The average Bonchev–Trinajstić information content (AvgIpc) is 2.30. The first-order valence-electron chi connectivity index (χ1n) is 4.84. The zero-order chi connectivity index (χ0) is 12.3. The second-order valence-corrected chi connectivity index (χ2v) is 4.99. The van der Waals surface area contributed by atoms with Gasteiger partial charge < -0.3 is 4.74 Å². The lowest BCUT2D eigenvalue weighted by molar-refractivity contribution is 0.300. The van der Waals surface area contributed by atoms with Crippen LogP contribution in [0.25, 0.3) is 0 Å². The van der Waals surface area contributed by atoms with Crippen LogP contribution < -0.4 is 4.74 Å². The lowest BCUT2D eigenvalue weighted by Gasteiger charge is -2.08. The summed E-state index contributed by atoms with van der Waals surface area (Å²) in [5, 5.41) is 1.07. The van der Waals surface area contributed by atoms with Crippen molar-refractivity contribution in [2.45, 2.75) is 6.61 Å². The smallest absolute Gasteiger partial charge is 0.138 e. The molecule has 1 heterocycles. The molecule has 0 aliphatic rings. The second-order valence-electron chi connectivity index (χ2n) is 3.30. The molecule has 0 spiro atoms. The van der Waals surface area contributed by atoms with Crippen molar-refractivity contribution in [2.75, 3.05) is 0 Å². The molecule has 5 heteroatoms. The summed E-state index contributed by atoms with van der Waals surface area (Å²) in [4.78, 5) is 4.20. The van der Waals surface area contributed by atoms with Crippen LogP contribution >= 0.6 is 39.1 Å². The molecule has 2 aromatic rings. The van der Waals surface area contributed by atoms with Gasteiger partial charge in [-0.05, 0) is 46.3 Å². The highest BCUT2D eigenvalue weighted by Crippen LogP contribution is 2.28. The zero-order valence-electron chi connectivity index (χ0n) is 8.66. The maximum Gasteiger partial charge on any atom is 0.138 e. The summed E-state index contributed by atoms with van der Waals surface area (Å²) in [6, 6.07) is 8.88. The molecule has 17 heavy (non-hydrogen) atoms. The number of hydrogen-bond donors (Lipinski definition) is 0. The lowest BCUT2D eigenvalue weighted by Crippen LogP contribution is -1.99. The van der Waals surface area contributed by atoms with Gasteiger partial charge in [0.05, 0.1) is 10.7 Å². The SMILES string of the molecule is Clc1ccc(OCc2ncccc2Br)c(Cl)c1. The van der Waals surface area contributed by atoms with Gasteiger partial charge in [0.2, 0.25) is 0 Å². The molecule has 0 radical (unpaired) electrons. The van der Waals surface area contributed by atoms with E-state index in [4.69, 9.17) is 27.9 Å². The van der Waals surface area contributed by atoms with Crippen molar-refractivity contribution in [3.8, 4) is 5.75 Å². The lowest BCUT2D eigenvalue weighted by atomic mass is 10.3. The summed E-state index contributed by atoms with van der Waals surface area (Å²) < 4.78 is 6.48. The molecule has 0 fully saturated rings. The number of benzene rings is 1. The molecule has 0 unspecified atom stereocenters. The Labute approximate surface area is 118 Å². The van der Waals surface area contributed by atoms with Gasteiger partial charge in [-0.2, -0.15) is 0 Å². The normalized spacial score (nSPS) is 10.3. The number of aromatic nitrogens is 1. The highest BCUT2D eigenvalue weighted by Gasteiger charge is 2.05. The summed E-state index contributed by atoms with van der Waals surface area (Å²) >= 11 is 15.2. The maximum absolute atomic E-state index is 5.99. The predicted octanol–water partition coefficient (Wildman–Crippen LogP) is 4.73. The summed E-state index contributed by atoms with van der Waals surface area (Å²) in [6.07, 6.45) is 1.72. The van der Waals surface area contributed by atoms with Gasteiger partial charge in [-0.1, -0.05) is 23.2 Å². The van der Waals surface area contributed by atoms with E-state index in [1.54, 1.807) is 24.4 Å². The fourth-order valence-electron chi connectivity index (χ4n) is 1.26. The Morgan fingerprint density at radius 1 is 1.24 bits per heavy atom. The maximum atomic E-state index is 5.99. The van der Waals surface area contributed by atoms with Crippen LogP contribution in [0.2, 0.25) is 10.0 Å². The van der Waals surface area contributed by atoms with E-state index >= 15 is 0 Å². The molecule has 1 aromatic heterocycles. The highest BCUT2D eigenvalue weighted by atomic mass is 79.9. The molecule has 88 valence electrons. The van der Waals surface area contributed by atoms with Crippen molar-refractivity contribution in [1.82, 2.24) is 4.98 Å². The van der Waals surface area contributed by atoms with Crippen molar-refractivity contribution in [1.29, 1.82) is 0 Å². The van der Waals surface area contributed by atoms with Crippen molar-refractivity contribution in [3.05, 3.63) is 56.7 Å². The molecular weight excluding hydrogens is 325 g/mol. The molecule has 0 aliphatic carbocycles. The topological polar surface area (TPSA) is 22.1 Å². The number of halogens is 3. The van der Waals surface area contributed by atoms with E-state index in [2.05, 4.69) is 20.9 Å². The molecule has 0 saturated carbocycles. The van der Waals surface area contributed by atoms with Crippen LogP contribution in [-0.2, 0) is 6.61 Å². The van der Waals surface area contributed by atoms with Crippen LogP contribution in [0.15, 0.2) is 41.0 Å². The largest absolute Gasteiger partial charge is 0.486 e. The number of nitrogens with zero attached hydrogens (tertiary/aromatic N) is 1. The summed E-state index contributed by atoms with van der Waals surface area (Å²) in [6.45, 7) is 0.350. The third kappa shape index (κ3) is 3.35. The third-order valence-corrected chi connectivity index (χ3v) is 3.35. The van der Waals surface area contributed by atoms with Gasteiger partial charge in [0.25, 0.3) is 0 Å². The van der Waals surface area contributed by atoms with Gasteiger partial charge >= 0.3 is 0 Å². The Hall–Kier alpha value is -0.770. The van der Waals surface area contributed by atoms with Gasteiger partial charge in [-0.25, -0.2) is 0 Å². The third-order valence-electron chi connectivity index (χ3n) is 2.09. The Morgan fingerprint density at radius 2 is 2.06 bits per heavy atom. The summed E-state index contributed by atoms with van der Waals surface area (Å²) in [5.41, 5.74) is 0.818. The fraction of sp³-hybridized carbons (Fsp3) is 0.0833. The quantitative estimate of drug-likeness (QED) is 0.810. The number of hydrogen-bond acceptors (Lipinski definition) is 2. The molecule has 0 amide bonds.